The Morgan fingerprint density at radius 2 is 2.24 bits per heavy atom. The van der Waals surface area contributed by atoms with Gasteiger partial charge in [0.15, 0.2) is 0 Å². The highest BCUT2D eigenvalue weighted by molar-refractivity contribution is 6.32. The fourth-order valence-electron chi connectivity index (χ4n) is 1.98. The van der Waals surface area contributed by atoms with Crippen LogP contribution in [0.4, 0.5) is 0 Å². The van der Waals surface area contributed by atoms with E-state index in [1.165, 1.54) is 0 Å². The van der Waals surface area contributed by atoms with Crippen LogP contribution in [-0.2, 0) is 0 Å². The largest absolute Gasteiger partial charge is 0.489 e. The van der Waals surface area contributed by atoms with Gasteiger partial charge in [0.2, 0.25) is 0 Å². The maximum absolute atomic E-state index is 9.26. The highest BCUT2D eigenvalue weighted by Gasteiger charge is 2.32. The van der Waals surface area contributed by atoms with E-state index in [0.29, 0.717) is 17.4 Å². The van der Waals surface area contributed by atoms with Gasteiger partial charge >= 0.3 is 0 Å². The van der Waals surface area contributed by atoms with Crippen molar-refractivity contribution in [3.63, 3.8) is 0 Å². The summed E-state index contributed by atoms with van der Waals surface area (Å²) in [5, 5.41) is 13.1. The zero-order valence-electron chi connectivity index (χ0n) is 9.58. The first kappa shape index (κ1) is 12.2. The second kappa shape index (κ2) is 5.39. The summed E-state index contributed by atoms with van der Waals surface area (Å²) in [6, 6.07) is 9.65. The van der Waals surface area contributed by atoms with Gasteiger partial charge in [0.25, 0.3) is 0 Å². The Kier molecular flexibility index (Phi) is 3.88. The summed E-state index contributed by atoms with van der Waals surface area (Å²) in [6.07, 6.45) is 3.01. The molecular formula is C13H15ClN2O. The summed E-state index contributed by atoms with van der Waals surface area (Å²) in [5.74, 6) is 0.635. The normalized spacial score (nSPS) is 24.0. The van der Waals surface area contributed by atoms with Gasteiger partial charge in [-0.25, -0.2) is 0 Å². The van der Waals surface area contributed by atoms with Crippen LogP contribution < -0.4 is 10.1 Å². The third-order valence-corrected chi connectivity index (χ3v) is 3.33. The Balaban J connectivity index is 2.01. The fraction of sp³-hybridized carbons (Fsp3) is 0.462. The summed E-state index contributed by atoms with van der Waals surface area (Å²) in [5.41, 5.74) is -0.558. The average molecular weight is 251 g/mol. The summed E-state index contributed by atoms with van der Waals surface area (Å²) >= 11 is 6.00. The molecule has 1 aliphatic heterocycles. The molecule has 2 rings (SSSR count). The molecule has 1 aromatic rings. The minimum absolute atomic E-state index is 0.341. The van der Waals surface area contributed by atoms with Crippen molar-refractivity contribution in [2.24, 2.45) is 0 Å². The number of hydrogen-bond donors (Lipinski definition) is 1. The summed E-state index contributed by atoms with van der Waals surface area (Å²) < 4.78 is 5.65. The number of hydrogen-bond acceptors (Lipinski definition) is 3. The van der Waals surface area contributed by atoms with Crippen LogP contribution in [-0.4, -0.2) is 18.7 Å². The Labute approximate surface area is 106 Å². The topological polar surface area (TPSA) is 45.0 Å². The van der Waals surface area contributed by atoms with Gasteiger partial charge in [-0.2, -0.15) is 5.26 Å². The van der Waals surface area contributed by atoms with Crippen molar-refractivity contribution in [1.82, 2.24) is 5.32 Å². The first-order chi connectivity index (χ1) is 8.26. The molecule has 3 nitrogen and oxygen atoms in total. The van der Waals surface area contributed by atoms with E-state index in [0.717, 1.165) is 25.8 Å². The fourth-order valence-corrected chi connectivity index (χ4v) is 2.17. The van der Waals surface area contributed by atoms with Gasteiger partial charge in [0, 0.05) is 0 Å². The molecule has 0 aliphatic carbocycles. The van der Waals surface area contributed by atoms with Crippen molar-refractivity contribution in [2.75, 3.05) is 13.2 Å². The molecule has 0 radical (unpaired) electrons. The second-order valence-corrected chi connectivity index (χ2v) is 4.70. The lowest BCUT2D eigenvalue weighted by atomic mass is 9.91. The van der Waals surface area contributed by atoms with Crippen molar-refractivity contribution in [2.45, 2.75) is 24.8 Å². The highest BCUT2D eigenvalue weighted by Crippen LogP contribution is 2.26. The molecule has 0 bridgehead atoms. The first-order valence-electron chi connectivity index (χ1n) is 5.79. The first-order valence-corrected chi connectivity index (χ1v) is 6.17. The van der Waals surface area contributed by atoms with Gasteiger partial charge in [-0.3, -0.25) is 5.32 Å². The van der Waals surface area contributed by atoms with Crippen LogP contribution in [0.25, 0.3) is 0 Å². The molecule has 0 aromatic heterocycles. The van der Waals surface area contributed by atoms with Gasteiger partial charge in [0.1, 0.15) is 17.9 Å². The molecule has 1 fully saturated rings. The third-order valence-electron chi connectivity index (χ3n) is 3.02. The number of nitrogens with zero attached hydrogens (tertiary/aromatic N) is 1. The standard InChI is InChI=1S/C13H15ClN2O/c14-11-5-1-2-6-12(11)17-10-13(9-15)7-3-4-8-16-13/h1-2,5-6,16H,3-4,7-8,10H2. The van der Waals surface area contributed by atoms with E-state index < -0.39 is 5.54 Å². The Bertz CT molecular complexity index is 422. The number of benzene rings is 1. The number of para-hydroxylation sites is 1. The molecule has 1 N–H and O–H groups in total. The van der Waals surface area contributed by atoms with E-state index in [9.17, 15) is 5.26 Å². The van der Waals surface area contributed by atoms with Gasteiger partial charge in [0.05, 0.1) is 11.1 Å². The van der Waals surface area contributed by atoms with Crippen molar-refractivity contribution >= 4 is 11.6 Å². The molecule has 1 heterocycles. The molecule has 4 heteroatoms. The van der Waals surface area contributed by atoms with Gasteiger partial charge in [-0.05, 0) is 37.9 Å². The van der Waals surface area contributed by atoms with Crippen molar-refractivity contribution < 1.29 is 4.74 Å². The second-order valence-electron chi connectivity index (χ2n) is 4.30. The number of nitriles is 1. The summed E-state index contributed by atoms with van der Waals surface area (Å²) in [6.45, 7) is 1.21. The van der Waals surface area contributed by atoms with Crippen LogP contribution in [0.5, 0.6) is 5.75 Å². The predicted octanol–water partition coefficient (Wildman–Crippen LogP) is 2.75. The van der Waals surface area contributed by atoms with E-state index in [4.69, 9.17) is 16.3 Å². The maximum Gasteiger partial charge on any atom is 0.141 e. The molecule has 1 aromatic carbocycles. The quantitative estimate of drug-likeness (QED) is 0.897. The number of rotatable bonds is 3. The minimum Gasteiger partial charge on any atom is -0.489 e. The summed E-state index contributed by atoms with van der Waals surface area (Å²) in [7, 11) is 0. The van der Waals surface area contributed by atoms with Crippen LogP contribution in [0.3, 0.4) is 0 Å². The van der Waals surface area contributed by atoms with Crippen molar-refractivity contribution in [3.05, 3.63) is 29.3 Å². The molecule has 0 spiro atoms. The van der Waals surface area contributed by atoms with E-state index in [1.54, 1.807) is 6.07 Å². The SMILES string of the molecule is N#CC1(COc2ccccc2Cl)CCCCN1. The Hall–Kier alpha value is -1.24. The lowest BCUT2D eigenvalue weighted by molar-refractivity contribution is 0.192. The van der Waals surface area contributed by atoms with E-state index >= 15 is 0 Å². The number of piperidine rings is 1. The Morgan fingerprint density at radius 1 is 1.41 bits per heavy atom. The number of ether oxygens (including phenoxy) is 1. The number of nitrogens with one attached hydrogen (secondary N) is 1. The minimum atomic E-state index is -0.558. The molecule has 0 amide bonds. The highest BCUT2D eigenvalue weighted by atomic mass is 35.5. The van der Waals surface area contributed by atoms with Crippen LogP contribution in [0.1, 0.15) is 19.3 Å². The van der Waals surface area contributed by atoms with Crippen LogP contribution >= 0.6 is 11.6 Å². The lowest BCUT2D eigenvalue weighted by Crippen LogP contribution is -2.51. The van der Waals surface area contributed by atoms with E-state index in [1.807, 2.05) is 18.2 Å². The van der Waals surface area contributed by atoms with Crippen molar-refractivity contribution in [1.29, 1.82) is 5.26 Å². The molecule has 17 heavy (non-hydrogen) atoms. The van der Waals surface area contributed by atoms with Gasteiger partial charge < -0.3 is 4.74 Å². The number of halogens is 1. The van der Waals surface area contributed by atoms with Crippen LogP contribution in [0.2, 0.25) is 5.02 Å². The van der Waals surface area contributed by atoms with Gasteiger partial charge in [-0.1, -0.05) is 23.7 Å². The molecular weight excluding hydrogens is 236 g/mol. The molecule has 1 atom stereocenters. The monoisotopic (exact) mass is 250 g/mol. The Morgan fingerprint density at radius 3 is 2.88 bits per heavy atom. The maximum atomic E-state index is 9.26. The van der Waals surface area contributed by atoms with Crippen LogP contribution in [0, 0.1) is 11.3 Å². The predicted molar refractivity (Wildman–Crippen MR) is 67.1 cm³/mol. The average Bonchev–Trinajstić information content (AvgIpc) is 2.39. The zero-order valence-corrected chi connectivity index (χ0v) is 10.3. The van der Waals surface area contributed by atoms with E-state index in [-0.39, 0.29) is 0 Å². The third kappa shape index (κ3) is 2.91. The zero-order chi connectivity index (χ0) is 12.1. The molecule has 1 saturated heterocycles. The van der Waals surface area contributed by atoms with Crippen LogP contribution in [0.15, 0.2) is 24.3 Å². The smallest absolute Gasteiger partial charge is 0.141 e. The summed E-state index contributed by atoms with van der Waals surface area (Å²) in [4.78, 5) is 0. The molecule has 90 valence electrons. The molecule has 1 unspecified atom stereocenters. The van der Waals surface area contributed by atoms with E-state index in [2.05, 4.69) is 11.4 Å². The lowest BCUT2D eigenvalue weighted by Gasteiger charge is -2.31. The van der Waals surface area contributed by atoms with Crippen molar-refractivity contribution in [3.8, 4) is 11.8 Å². The molecule has 0 saturated carbocycles. The molecule has 1 aliphatic rings. The van der Waals surface area contributed by atoms with Gasteiger partial charge in [-0.15, -0.1) is 0 Å².